The Balaban J connectivity index is 3.09. The van der Waals surface area contributed by atoms with Gasteiger partial charge in [0.25, 0.3) is 10.2 Å². The van der Waals surface area contributed by atoms with E-state index in [1.807, 2.05) is 0 Å². The summed E-state index contributed by atoms with van der Waals surface area (Å²) in [6.45, 7) is 3.65. The van der Waals surface area contributed by atoms with Crippen molar-refractivity contribution < 1.29 is 8.42 Å². The first kappa shape index (κ1) is 15.8. The molecular formula is C12H16ClN3O2S. The molecule has 0 bridgehead atoms. The van der Waals surface area contributed by atoms with E-state index in [1.165, 1.54) is 6.07 Å². The zero-order valence-electron chi connectivity index (χ0n) is 10.7. The molecule has 0 radical (unpaired) electrons. The van der Waals surface area contributed by atoms with Crippen LogP contribution in [0, 0.1) is 11.8 Å². The highest BCUT2D eigenvalue weighted by Crippen LogP contribution is 2.21. The Kier molecular flexibility index (Phi) is 5.63. The summed E-state index contributed by atoms with van der Waals surface area (Å²) < 4.78 is 28.4. The van der Waals surface area contributed by atoms with Crippen LogP contribution in [-0.2, 0) is 10.2 Å². The van der Waals surface area contributed by atoms with Gasteiger partial charge in [0.15, 0.2) is 0 Å². The average molecular weight is 302 g/mol. The molecule has 7 heteroatoms. The van der Waals surface area contributed by atoms with Gasteiger partial charge in [-0.3, -0.25) is 4.72 Å². The van der Waals surface area contributed by atoms with E-state index in [0.717, 1.165) is 0 Å². The molecule has 0 spiro atoms. The molecule has 0 saturated heterocycles. The molecule has 1 aromatic carbocycles. The Morgan fingerprint density at radius 3 is 2.68 bits per heavy atom. The Bertz CT molecular complexity index is 603. The number of nitrogens with one attached hydrogen (secondary N) is 2. The first-order valence-electron chi connectivity index (χ1n) is 5.62. The van der Waals surface area contributed by atoms with Gasteiger partial charge >= 0.3 is 0 Å². The number of nitrogens with two attached hydrogens (primary N) is 1. The van der Waals surface area contributed by atoms with Crippen LogP contribution in [0.15, 0.2) is 18.2 Å². The largest absolute Gasteiger partial charge is 0.320 e. The molecule has 4 N–H and O–H groups in total. The van der Waals surface area contributed by atoms with Gasteiger partial charge < -0.3 is 5.73 Å². The molecular weight excluding hydrogens is 286 g/mol. The number of anilines is 1. The van der Waals surface area contributed by atoms with Crippen LogP contribution >= 0.6 is 11.6 Å². The van der Waals surface area contributed by atoms with Crippen LogP contribution < -0.4 is 15.2 Å². The molecule has 0 unspecified atom stereocenters. The molecule has 5 nitrogen and oxygen atoms in total. The van der Waals surface area contributed by atoms with Crippen molar-refractivity contribution in [1.29, 1.82) is 0 Å². The normalized spacial score (nSPS) is 11.0. The molecule has 19 heavy (non-hydrogen) atoms. The lowest BCUT2D eigenvalue weighted by atomic mass is 10.2. The van der Waals surface area contributed by atoms with Crippen molar-refractivity contribution in [3.8, 4) is 11.8 Å². The van der Waals surface area contributed by atoms with Crippen molar-refractivity contribution in [3.05, 3.63) is 28.8 Å². The average Bonchev–Trinajstić information content (AvgIpc) is 2.25. The van der Waals surface area contributed by atoms with Crippen LogP contribution in [0.25, 0.3) is 0 Å². The predicted octanol–water partition coefficient (Wildman–Crippen LogP) is 1.30. The summed E-state index contributed by atoms with van der Waals surface area (Å²) in [6.07, 6.45) is 0. The first-order valence-corrected chi connectivity index (χ1v) is 7.48. The number of benzene rings is 1. The third-order valence-corrected chi connectivity index (χ3v) is 3.45. The maximum absolute atomic E-state index is 11.8. The van der Waals surface area contributed by atoms with Crippen LogP contribution in [0.5, 0.6) is 0 Å². The summed E-state index contributed by atoms with van der Waals surface area (Å²) in [4.78, 5) is 0. The van der Waals surface area contributed by atoms with Gasteiger partial charge in [-0.1, -0.05) is 23.4 Å². The van der Waals surface area contributed by atoms with Gasteiger partial charge in [-0.2, -0.15) is 13.1 Å². The van der Waals surface area contributed by atoms with E-state index in [0.29, 0.717) is 16.3 Å². The van der Waals surface area contributed by atoms with Crippen LogP contribution in [0.4, 0.5) is 5.69 Å². The lowest BCUT2D eigenvalue weighted by Crippen LogP contribution is -2.35. The van der Waals surface area contributed by atoms with E-state index in [4.69, 9.17) is 17.3 Å². The highest BCUT2D eigenvalue weighted by molar-refractivity contribution is 7.90. The quantitative estimate of drug-likeness (QED) is 0.733. The molecule has 1 rings (SSSR count). The topological polar surface area (TPSA) is 84.2 Å². The van der Waals surface area contributed by atoms with E-state index < -0.39 is 10.2 Å². The molecule has 0 amide bonds. The predicted molar refractivity (Wildman–Crippen MR) is 78.2 cm³/mol. The zero-order chi connectivity index (χ0) is 14.5. The Morgan fingerprint density at radius 2 is 2.11 bits per heavy atom. The summed E-state index contributed by atoms with van der Waals surface area (Å²) >= 11 is 5.86. The molecule has 0 fully saturated rings. The number of hydrogen-bond donors (Lipinski definition) is 3. The first-order chi connectivity index (χ1) is 8.84. The summed E-state index contributed by atoms with van der Waals surface area (Å²) in [5.41, 5.74) is 6.14. The minimum atomic E-state index is -3.66. The number of hydrogen-bond acceptors (Lipinski definition) is 3. The second kappa shape index (κ2) is 6.78. The fourth-order valence-electron chi connectivity index (χ4n) is 1.34. The van der Waals surface area contributed by atoms with Crippen LogP contribution in [0.2, 0.25) is 5.02 Å². The zero-order valence-corrected chi connectivity index (χ0v) is 12.3. The SMILES string of the molecule is CC(C)NS(=O)(=O)Nc1cc(Cl)ccc1C#CCN. The maximum Gasteiger partial charge on any atom is 0.299 e. The summed E-state index contributed by atoms with van der Waals surface area (Å²) in [6, 6.07) is 4.56. The molecule has 0 aliphatic carbocycles. The Labute approximate surface area is 118 Å². The van der Waals surface area contributed by atoms with Gasteiger partial charge in [0.1, 0.15) is 0 Å². The standard InChI is InChI=1S/C12H16ClN3O2S/c1-9(2)15-19(17,18)16-12-8-11(13)6-5-10(12)4-3-7-14/h5-6,8-9,15-16H,7,14H2,1-2H3. The van der Waals surface area contributed by atoms with Crippen molar-refractivity contribution in [2.24, 2.45) is 5.73 Å². The molecule has 1 aromatic rings. The molecule has 0 atom stereocenters. The third kappa shape index (κ3) is 5.49. The molecule has 0 aromatic heterocycles. The summed E-state index contributed by atoms with van der Waals surface area (Å²) in [5, 5.41) is 0.417. The minimum absolute atomic E-state index is 0.194. The monoisotopic (exact) mass is 301 g/mol. The third-order valence-electron chi connectivity index (χ3n) is 1.94. The van der Waals surface area contributed by atoms with E-state index in [1.54, 1.807) is 26.0 Å². The van der Waals surface area contributed by atoms with Gasteiger partial charge in [0, 0.05) is 16.6 Å². The van der Waals surface area contributed by atoms with Gasteiger partial charge in [-0.05, 0) is 32.0 Å². The molecule has 0 heterocycles. The number of rotatable bonds is 4. The van der Waals surface area contributed by atoms with Gasteiger partial charge in [-0.25, -0.2) is 0 Å². The smallest absolute Gasteiger partial charge is 0.299 e. The molecule has 104 valence electrons. The van der Waals surface area contributed by atoms with Crippen molar-refractivity contribution in [1.82, 2.24) is 4.72 Å². The van der Waals surface area contributed by atoms with Gasteiger partial charge in [0.2, 0.25) is 0 Å². The molecule has 0 saturated carbocycles. The van der Waals surface area contributed by atoms with Gasteiger partial charge in [0.05, 0.1) is 12.2 Å². The Morgan fingerprint density at radius 1 is 1.42 bits per heavy atom. The fourth-order valence-corrected chi connectivity index (χ4v) is 2.65. The van der Waals surface area contributed by atoms with Crippen molar-refractivity contribution in [2.75, 3.05) is 11.3 Å². The van der Waals surface area contributed by atoms with Crippen LogP contribution in [0.1, 0.15) is 19.4 Å². The van der Waals surface area contributed by atoms with E-state index in [2.05, 4.69) is 21.3 Å². The van der Waals surface area contributed by atoms with E-state index in [-0.39, 0.29) is 12.6 Å². The molecule has 0 aliphatic heterocycles. The van der Waals surface area contributed by atoms with Crippen molar-refractivity contribution >= 4 is 27.5 Å². The highest BCUT2D eigenvalue weighted by atomic mass is 35.5. The minimum Gasteiger partial charge on any atom is -0.320 e. The lowest BCUT2D eigenvalue weighted by Gasteiger charge is -2.13. The van der Waals surface area contributed by atoms with E-state index >= 15 is 0 Å². The maximum atomic E-state index is 11.8. The second-order valence-electron chi connectivity index (χ2n) is 4.07. The number of halogens is 1. The van der Waals surface area contributed by atoms with Crippen LogP contribution in [-0.4, -0.2) is 21.0 Å². The Hall–Kier alpha value is -1.26. The van der Waals surface area contributed by atoms with Gasteiger partial charge in [-0.15, -0.1) is 0 Å². The second-order valence-corrected chi connectivity index (χ2v) is 5.96. The molecule has 0 aliphatic rings. The fraction of sp³-hybridized carbons (Fsp3) is 0.333. The van der Waals surface area contributed by atoms with Crippen LogP contribution in [0.3, 0.4) is 0 Å². The summed E-state index contributed by atoms with van der Waals surface area (Å²) in [5.74, 6) is 5.46. The summed E-state index contributed by atoms with van der Waals surface area (Å²) in [7, 11) is -3.66. The lowest BCUT2D eigenvalue weighted by molar-refractivity contribution is 0.575. The van der Waals surface area contributed by atoms with Crippen molar-refractivity contribution in [2.45, 2.75) is 19.9 Å². The highest BCUT2D eigenvalue weighted by Gasteiger charge is 2.13. The van der Waals surface area contributed by atoms with Crippen molar-refractivity contribution in [3.63, 3.8) is 0 Å². The van der Waals surface area contributed by atoms with E-state index in [9.17, 15) is 8.42 Å².